The van der Waals surface area contributed by atoms with E-state index in [1.54, 1.807) is 53.4 Å². The smallest absolute Gasteiger partial charge is 0.325 e. The van der Waals surface area contributed by atoms with Crippen LogP contribution in [0.1, 0.15) is 0 Å². The maximum Gasteiger partial charge on any atom is 0.329 e. The van der Waals surface area contributed by atoms with E-state index in [-0.39, 0.29) is 6.54 Å². The second kappa shape index (κ2) is 6.95. The summed E-state index contributed by atoms with van der Waals surface area (Å²) in [5.41, 5.74) is 0.649. The molecular weight excluding hydrogens is 360 g/mol. The zero-order valence-electron chi connectivity index (χ0n) is 14.9. The molecule has 0 unspecified atom stereocenters. The fourth-order valence-corrected chi connectivity index (χ4v) is 3.02. The minimum Gasteiger partial charge on any atom is -0.325 e. The SMILES string of the molecule is Cn1cnnc1-c1cccc(NC(=O)Cn2c(=O)[nH]c(=O)c3ccccc32)c1. The Bertz CT molecular complexity index is 1300. The Balaban J connectivity index is 1.61. The average molecular weight is 376 g/mol. The van der Waals surface area contributed by atoms with Crippen molar-refractivity contribution in [2.75, 3.05) is 5.32 Å². The van der Waals surface area contributed by atoms with E-state index < -0.39 is 17.2 Å². The largest absolute Gasteiger partial charge is 0.329 e. The monoisotopic (exact) mass is 376 g/mol. The molecule has 0 spiro atoms. The second-order valence-corrected chi connectivity index (χ2v) is 6.26. The summed E-state index contributed by atoms with van der Waals surface area (Å²) < 4.78 is 3.01. The van der Waals surface area contributed by atoms with E-state index in [1.165, 1.54) is 4.57 Å². The van der Waals surface area contributed by atoms with Gasteiger partial charge in [0.2, 0.25) is 5.91 Å². The van der Waals surface area contributed by atoms with Crippen LogP contribution in [0.2, 0.25) is 0 Å². The first-order valence-corrected chi connectivity index (χ1v) is 8.49. The van der Waals surface area contributed by atoms with Crippen molar-refractivity contribution in [2.24, 2.45) is 7.05 Å². The first kappa shape index (κ1) is 17.4. The molecule has 0 saturated carbocycles. The molecule has 9 heteroatoms. The van der Waals surface area contributed by atoms with Gasteiger partial charge in [-0.2, -0.15) is 0 Å². The molecule has 0 radical (unpaired) electrons. The Morgan fingerprint density at radius 3 is 2.75 bits per heavy atom. The molecule has 0 aliphatic carbocycles. The highest BCUT2D eigenvalue weighted by atomic mass is 16.2. The molecule has 4 rings (SSSR count). The number of fused-ring (bicyclic) bond motifs is 1. The molecule has 2 heterocycles. The Morgan fingerprint density at radius 2 is 1.96 bits per heavy atom. The van der Waals surface area contributed by atoms with E-state index in [0.717, 1.165) is 5.56 Å². The third-order valence-corrected chi connectivity index (χ3v) is 4.32. The summed E-state index contributed by atoms with van der Waals surface area (Å²) in [6.45, 7) is -0.232. The zero-order valence-corrected chi connectivity index (χ0v) is 14.9. The van der Waals surface area contributed by atoms with E-state index in [4.69, 9.17) is 0 Å². The summed E-state index contributed by atoms with van der Waals surface area (Å²) in [4.78, 5) is 38.9. The maximum atomic E-state index is 12.5. The molecule has 140 valence electrons. The minimum atomic E-state index is -0.633. The number of nitrogens with one attached hydrogen (secondary N) is 2. The summed E-state index contributed by atoms with van der Waals surface area (Å²) >= 11 is 0. The van der Waals surface area contributed by atoms with Gasteiger partial charge in [0.25, 0.3) is 5.56 Å². The van der Waals surface area contributed by atoms with E-state index in [1.807, 2.05) is 13.1 Å². The number of carbonyl (C=O) groups is 1. The standard InChI is InChI=1S/C19H16N6O3/c1-24-11-20-23-17(24)12-5-4-6-13(9-12)21-16(26)10-25-15-8-3-2-7-14(15)18(27)22-19(25)28/h2-9,11H,10H2,1H3,(H,21,26)(H,22,27,28). The highest BCUT2D eigenvalue weighted by Gasteiger charge is 2.12. The van der Waals surface area contributed by atoms with Gasteiger partial charge in [0.05, 0.1) is 10.9 Å². The summed E-state index contributed by atoms with van der Waals surface area (Å²) in [5.74, 6) is 0.272. The number of amides is 1. The van der Waals surface area contributed by atoms with Gasteiger partial charge in [-0.1, -0.05) is 24.3 Å². The Labute approximate surface area is 158 Å². The molecule has 0 fully saturated rings. The molecular formula is C19H16N6O3. The number of para-hydroxylation sites is 1. The van der Waals surface area contributed by atoms with Crippen LogP contribution in [0.25, 0.3) is 22.3 Å². The Hall–Kier alpha value is -4.01. The lowest BCUT2D eigenvalue weighted by Crippen LogP contribution is -2.34. The van der Waals surface area contributed by atoms with Crippen molar-refractivity contribution in [3.63, 3.8) is 0 Å². The van der Waals surface area contributed by atoms with E-state index in [2.05, 4.69) is 20.5 Å². The molecule has 0 atom stereocenters. The minimum absolute atomic E-state index is 0.232. The molecule has 4 aromatic rings. The predicted molar refractivity (Wildman–Crippen MR) is 104 cm³/mol. The number of carbonyl (C=O) groups excluding carboxylic acids is 1. The number of anilines is 1. The van der Waals surface area contributed by atoms with Crippen molar-refractivity contribution >= 4 is 22.5 Å². The molecule has 2 N–H and O–H groups in total. The van der Waals surface area contributed by atoms with Gasteiger partial charge in [-0.05, 0) is 24.3 Å². The number of hydrogen-bond acceptors (Lipinski definition) is 5. The number of rotatable bonds is 4. The molecule has 0 aliphatic rings. The van der Waals surface area contributed by atoms with Crippen LogP contribution in [-0.4, -0.2) is 30.2 Å². The van der Waals surface area contributed by atoms with Gasteiger partial charge in [0, 0.05) is 18.3 Å². The first-order valence-electron chi connectivity index (χ1n) is 8.49. The van der Waals surface area contributed by atoms with Gasteiger partial charge >= 0.3 is 5.69 Å². The molecule has 9 nitrogen and oxygen atoms in total. The number of nitrogens with zero attached hydrogens (tertiary/aromatic N) is 4. The number of aromatic nitrogens is 5. The Kier molecular flexibility index (Phi) is 4.32. The van der Waals surface area contributed by atoms with Crippen LogP contribution < -0.4 is 16.6 Å². The molecule has 0 saturated heterocycles. The van der Waals surface area contributed by atoms with Crippen molar-refractivity contribution in [3.05, 3.63) is 75.7 Å². The Morgan fingerprint density at radius 1 is 1.14 bits per heavy atom. The third-order valence-electron chi connectivity index (χ3n) is 4.32. The quantitative estimate of drug-likeness (QED) is 0.554. The van der Waals surface area contributed by atoms with Crippen LogP contribution in [0.5, 0.6) is 0 Å². The van der Waals surface area contributed by atoms with Gasteiger partial charge in [0.15, 0.2) is 5.82 Å². The van der Waals surface area contributed by atoms with Crippen molar-refractivity contribution in [1.29, 1.82) is 0 Å². The van der Waals surface area contributed by atoms with Gasteiger partial charge in [-0.25, -0.2) is 4.79 Å². The van der Waals surface area contributed by atoms with Crippen LogP contribution in [0.3, 0.4) is 0 Å². The summed E-state index contributed by atoms with van der Waals surface area (Å²) in [6.07, 6.45) is 1.59. The van der Waals surface area contributed by atoms with Crippen molar-refractivity contribution < 1.29 is 4.79 Å². The van der Waals surface area contributed by atoms with Crippen LogP contribution in [0, 0.1) is 0 Å². The molecule has 2 aromatic heterocycles. The fourth-order valence-electron chi connectivity index (χ4n) is 3.02. The highest BCUT2D eigenvalue weighted by molar-refractivity contribution is 5.92. The van der Waals surface area contributed by atoms with Crippen LogP contribution in [-0.2, 0) is 18.4 Å². The topological polar surface area (TPSA) is 115 Å². The van der Waals surface area contributed by atoms with E-state index in [0.29, 0.717) is 22.4 Å². The molecule has 1 amide bonds. The molecule has 28 heavy (non-hydrogen) atoms. The first-order chi connectivity index (χ1) is 13.5. The van der Waals surface area contributed by atoms with Gasteiger partial charge < -0.3 is 9.88 Å². The van der Waals surface area contributed by atoms with E-state index >= 15 is 0 Å². The summed E-state index contributed by atoms with van der Waals surface area (Å²) in [7, 11) is 1.83. The normalized spacial score (nSPS) is 10.9. The number of benzene rings is 2. The lowest BCUT2D eigenvalue weighted by Gasteiger charge is -2.10. The van der Waals surface area contributed by atoms with Gasteiger partial charge in [-0.3, -0.25) is 19.1 Å². The molecule has 0 aliphatic heterocycles. The highest BCUT2D eigenvalue weighted by Crippen LogP contribution is 2.20. The second-order valence-electron chi connectivity index (χ2n) is 6.26. The number of aryl methyl sites for hydroxylation is 1. The molecule has 2 aromatic carbocycles. The van der Waals surface area contributed by atoms with E-state index in [9.17, 15) is 14.4 Å². The number of hydrogen-bond donors (Lipinski definition) is 2. The fraction of sp³-hybridized carbons (Fsp3) is 0.105. The maximum absolute atomic E-state index is 12.5. The number of H-pyrrole nitrogens is 1. The van der Waals surface area contributed by atoms with Crippen LogP contribution in [0.15, 0.2) is 64.4 Å². The lowest BCUT2D eigenvalue weighted by atomic mass is 10.2. The average Bonchev–Trinajstić information content (AvgIpc) is 3.11. The van der Waals surface area contributed by atoms with Crippen LogP contribution >= 0.6 is 0 Å². The van der Waals surface area contributed by atoms with Crippen molar-refractivity contribution in [3.8, 4) is 11.4 Å². The van der Waals surface area contributed by atoms with Crippen molar-refractivity contribution in [1.82, 2.24) is 24.3 Å². The summed E-state index contributed by atoms with van der Waals surface area (Å²) in [6, 6.07) is 13.8. The van der Waals surface area contributed by atoms with Crippen LogP contribution in [0.4, 0.5) is 5.69 Å². The zero-order chi connectivity index (χ0) is 19.7. The lowest BCUT2D eigenvalue weighted by molar-refractivity contribution is -0.116. The van der Waals surface area contributed by atoms with Gasteiger partial charge in [0.1, 0.15) is 12.9 Å². The molecule has 0 bridgehead atoms. The third kappa shape index (κ3) is 3.20. The van der Waals surface area contributed by atoms with Gasteiger partial charge in [-0.15, -0.1) is 10.2 Å². The summed E-state index contributed by atoms with van der Waals surface area (Å²) in [5, 5.41) is 11.0. The predicted octanol–water partition coefficient (Wildman–Crippen LogP) is 1.12. The van der Waals surface area contributed by atoms with Crippen molar-refractivity contribution in [2.45, 2.75) is 6.54 Å². The number of aromatic amines is 1.